The predicted molar refractivity (Wildman–Crippen MR) is 102 cm³/mol. The van der Waals surface area contributed by atoms with Crippen LogP contribution in [0.2, 0.25) is 0 Å². The molecule has 1 aromatic heterocycles. The van der Waals surface area contributed by atoms with E-state index < -0.39 is 0 Å². The van der Waals surface area contributed by atoms with E-state index in [0.717, 1.165) is 43.5 Å². The molecule has 1 fully saturated rings. The summed E-state index contributed by atoms with van der Waals surface area (Å²) in [7, 11) is 0. The van der Waals surface area contributed by atoms with Crippen molar-refractivity contribution < 1.29 is 9.53 Å². The minimum absolute atomic E-state index is 0.0000229. The van der Waals surface area contributed by atoms with Gasteiger partial charge in [0.1, 0.15) is 0 Å². The van der Waals surface area contributed by atoms with Gasteiger partial charge in [-0.3, -0.25) is 4.79 Å². The van der Waals surface area contributed by atoms with Gasteiger partial charge < -0.3 is 10.1 Å². The number of carbonyl (C=O) groups is 1. The Labute approximate surface area is 153 Å². The Bertz CT molecular complexity index is 666. The van der Waals surface area contributed by atoms with Crippen molar-refractivity contribution in [3.63, 3.8) is 0 Å². The van der Waals surface area contributed by atoms with Crippen LogP contribution < -0.4 is 5.32 Å². The molecule has 1 aliphatic heterocycles. The quantitative estimate of drug-likeness (QED) is 0.826. The fourth-order valence-electron chi connectivity index (χ4n) is 3.52. The number of nitrogens with one attached hydrogen (secondary N) is 1. The lowest BCUT2D eigenvalue weighted by Crippen LogP contribution is -2.44. The molecule has 1 aromatic carbocycles. The van der Waals surface area contributed by atoms with E-state index in [4.69, 9.17) is 4.74 Å². The van der Waals surface area contributed by atoms with Gasteiger partial charge in [-0.05, 0) is 30.9 Å². The molecule has 0 bridgehead atoms. The molecule has 2 aromatic rings. The maximum absolute atomic E-state index is 12.6. The van der Waals surface area contributed by atoms with E-state index >= 15 is 0 Å². The number of ether oxygens (including phenoxy) is 1. The predicted octanol–water partition coefficient (Wildman–Crippen LogP) is 4.52. The van der Waals surface area contributed by atoms with Gasteiger partial charge in [0.25, 0.3) is 5.91 Å². The van der Waals surface area contributed by atoms with Crippen LogP contribution in [0.25, 0.3) is 11.3 Å². The Kier molecular flexibility index (Phi) is 6.21. The summed E-state index contributed by atoms with van der Waals surface area (Å²) in [6, 6.07) is 7.87. The number of rotatable bonds is 6. The van der Waals surface area contributed by atoms with E-state index in [0.29, 0.717) is 11.5 Å². The standard InChI is InChI=1S/C20H26N2O2S/c1-3-14(4-2)19-11-17(9-10-24-19)22-20(23)16-7-5-15(6-8-16)18-12-25-13-21-18/h5-8,12-14,17,19H,3-4,9-11H2,1-2H3,(H,22,23)/t17-,19-/m0/s1. The Balaban J connectivity index is 1.60. The Morgan fingerprint density at radius 2 is 2.08 bits per heavy atom. The minimum atomic E-state index is 0.0000229. The maximum Gasteiger partial charge on any atom is 0.251 e. The normalized spacial score (nSPS) is 20.6. The van der Waals surface area contributed by atoms with Gasteiger partial charge in [-0.25, -0.2) is 4.98 Å². The number of hydrogen-bond donors (Lipinski definition) is 1. The number of amides is 1. The first-order chi connectivity index (χ1) is 12.2. The van der Waals surface area contributed by atoms with E-state index in [1.54, 1.807) is 11.3 Å². The van der Waals surface area contributed by atoms with Gasteiger partial charge in [0, 0.05) is 29.2 Å². The fourth-order valence-corrected chi connectivity index (χ4v) is 4.08. The topological polar surface area (TPSA) is 51.2 Å². The zero-order valence-corrected chi connectivity index (χ0v) is 15.7. The van der Waals surface area contributed by atoms with Crippen LogP contribution in [0, 0.1) is 5.92 Å². The van der Waals surface area contributed by atoms with Gasteiger partial charge in [-0.2, -0.15) is 0 Å². The molecule has 1 amide bonds. The third kappa shape index (κ3) is 4.47. The van der Waals surface area contributed by atoms with Crippen LogP contribution in [0.1, 0.15) is 49.9 Å². The lowest BCUT2D eigenvalue weighted by atomic mass is 9.89. The van der Waals surface area contributed by atoms with Gasteiger partial charge in [0.05, 0.1) is 17.3 Å². The summed E-state index contributed by atoms with van der Waals surface area (Å²) >= 11 is 1.57. The van der Waals surface area contributed by atoms with Crippen LogP contribution in [0.4, 0.5) is 0 Å². The third-order valence-electron chi connectivity index (χ3n) is 5.10. The molecule has 0 aliphatic carbocycles. The van der Waals surface area contributed by atoms with Crippen molar-refractivity contribution in [1.82, 2.24) is 10.3 Å². The zero-order chi connectivity index (χ0) is 17.6. The van der Waals surface area contributed by atoms with E-state index in [1.165, 1.54) is 0 Å². The zero-order valence-electron chi connectivity index (χ0n) is 14.9. The highest BCUT2D eigenvalue weighted by atomic mass is 32.1. The highest BCUT2D eigenvalue weighted by molar-refractivity contribution is 7.07. The molecule has 0 spiro atoms. The first-order valence-electron chi connectivity index (χ1n) is 9.12. The largest absolute Gasteiger partial charge is 0.378 e. The Morgan fingerprint density at radius 3 is 2.72 bits per heavy atom. The van der Waals surface area contributed by atoms with Crippen LogP contribution in [0.5, 0.6) is 0 Å². The number of hydrogen-bond acceptors (Lipinski definition) is 4. The van der Waals surface area contributed by atoms with E-state index in [2.05, 4.69) is 24.1 Å². The van der Waals surface area contributed by atoms with Crippen molar-refractivity contribution in [2.75, 3.05) is 6.61 Å². The van der Waals surface area contributed by atoms with Crippen LogP contribution in [-0.4, -0.2) is 29.6 Å². The average Bonchev–Trinajstić information content (AvgIpc) is 3.18. The summed E-state index contributed by atoms with van der Waals surface area (Å²) in [6.45, 7) is 5.15. The molecule has 1 aliphatic rings. The monoisotopic (exact) mass is 358 g/mol. The highest BCUT2D eigenvalue weighted by Gasteiger charge is 2.28. The average molecular weight is 359 g/mol. The summed E-state index contributed by atoms with van der Waals surface area (Å²) in [6.07, 6.45) is 4.31. The van der Waals surface area contributed by atoms with E-state index in [1.807, 2.05) is 35.2 Å². The highest BCUT2D eigenvalue weighted by Crippen LogP contribution is 2.25. The summed E-state index contributed by atoms with van der Waals surface area (Å²) in [5, 5.41) is 5.20. The molecule has 25 heavy (non-hydrogen) atoms. The molecule has 0 unspecified atom stereocenters. The van der Waals surface area contributed by atoms with Crippen LogP contribution in [-0.2, 0) is 4.74 Å². The molecule has 2 atom stereocenters. The number of benzene rings is 1. The third-order valence-corrected chi connectivity index (χ3v) is 5.69. The van der Waals surface area contributed by atoms with Crippen molar-refractivity contribution in [3.8, 4) is 11.3 Å². The molecule has 134 valence electrons. The smallest absolute Gasteiger partial charge is 0.251 e. The maximum atomic E-state index is 12.6. The molecule has 4 nitrogen and oxygen atoms in total. The van der Waals surface area contributed by atoms with E-state index in [-0.39, 0.29) is 18.1 Å². The summed E-state index contributed by atoms with van der Waals surface area (Å²) in [5.41, 5.74) is 4.51. The van der Waals surface area contributed by atoms with Gasteiger partial charge in [0.15, 0.2) is 0 Å². The molecular formula is C20H26N2O2S. The Hall–Kier alpha value is -1.72. The second-order valence-electron chi connectivity index (χ2n) is 6.63. The summed E-state index contributed by atoms with van der Waals surface area (Å²) in [4.78, 5) is 16.9. The van der Waals surface area contributed by atoms with Crippen LogP contribution in [0.3, 0.4) is 0 Å². The van der Waals surface area contributed by atoms with Crippen molar-refractivity contribution in [2.45, 2.75) is 51.7 Å². The summed E-state index contributed by atoms with van der Waals surface area (Å²) < 4.78 is 5.94. The molecule has 5 heteroatoms. The van der Waals surface area contributed by atoms with Gasteiger partial charge >= 0.3 is 0 Å². The molecule has 2 heterocycles. The van der Waals surface area contributed by atoms with Crippen molar-refractivity contribution in [2.24, 2.45) is 5.92 Å². The lowest BCUT2D eigenvalue weighted by Gasteiger charge is -2.34. The first-order valence-corrected chi connectivity index (χ1v) is 10.1. The molecular weight excluding hydrogens is 332 g/mol. The number of nitrogens with zero attached hydrogens (tertiary/aromatic N) is 1. The van der Waals surface area contributed by atoms with Crippen molar-refractivity contribution in [3.05, 3.63) is 40.7 Å². The van der Waals surface area contributed by atoms with Gasteiger partial charge in [0.2, 0.25) is 0 Å². The number of carbonyl (C=O) groups excluding carboxylic acids is 1. The number of thiazole rings is 1. The first kappa shape index (κ1) is 18.1. The van der Waals surface area contributed by atoms with E-state index in [9.17, 15) is 4.79 Å². The Morgan fingerprint density at radius 1 is 1.32 bits per heavy atom. The molecule has 0 radical (unpaired) electrons. The van der Waals surface area contributed by atoms with Crippen LogP contribution in [0.15, 0.2) is 35.2 Å². The minimum Gasteiger partial charge on any atom is -0.378 e. The second kappa shape index (κ2) is 8.59. The summed E-state index contributed by atoms with van der Waals surface area (Å²) in [5.74, 6) is 0.581. The molecule has 1 saturated heterocycles. The molecule has 0 saturated carbocycles. The van der Waals surface area contributed by atoms with Crippen molar-refractivity contribution >= 4 is 17.2 Å². The SMILES string of the molecule is CCC(CC)[C@@H]1C[C@@H](NC(=O)c2ccc(-c3cscn3)cc2)CCO1. The molecule has 1 N–H and O–H groups in total. The number of aromatic nitrogens is 1. The second-order valence-corrected chi connectivity index (χ2v) is 7.35. The van der Waals surface area contributed by atoms with Gasteiger partial charge in [-0.1, -0.05) is 38.8 Å². The fraction of sp³-hybridized carbons (Fsp3) is 0.500. The van der Waals surface area contributed by atoms with Crippen molar-refractivity contribution in [1.29, 1.82) is 0 Å². The lowest BCUT2D eigenvalue weighted by molar-refractivity contribution is -0.0337. The van der Waals surface area contributed by atoms with Gasteiger partial charge in [-0.15, -0.1) is 11.3 Å². The van der Waals surface area contributed by atoms with Crippen LogP contribution >= 0.6 is 11.3 Å². The molecule has 3 rings (SSSR count).